The van der Waals surface area contributed by atoms with Gasteiger partial charge in [-0.1, -0.05) is 38.1 Å². The summed E-state index contributed by atoms with van der Waals surface area (Å²) in [6, 6.07) is 8.14. The Balaban J connectivity index is 2.06. The fourth-order valence-electron chi connectivity index (χ4n) is 1.63. The lowest BCUT2D eigenvalue weighted by Crippen LogP contribution is -2.15. The molecule has 0 spiro atoms. The van der Waals surface area contributed by atoms with Crippen molar-refractivity contribution in [2.24, 2.45) is 5.10 Å². The molecule has 0 fully saturated rings. The molecule has 1 aromatic carbocycles. The van der Waals surface area contributed by atoms with Gasteiger partial charge in [0.15, 0.2) is 5.82 Å². The number of hydrogen-bond acceptors (Lipinski definition) is 5. The molecule has 0 amide bonds. The van der Waals surface area contributed by atoms with Crippen molar-refractivity contribution in [2.75, 3.05) is 5.43 Å². The Morgan fingerprint density at radius 3 is 2.65 bits per heavy atom. The smallest absolute Gasteiger partial charge is 0.260 e. The van der Waals surface area contributed by atoms with Crippen LogP contribution in [0.25, 0.3) is 0 Å². The lowest BCUT2D eigenvalue weighted by atomic mass is 10.0. The number of benzene rings is 1. The van der Waals surface area contributed by atoms with Crippen molar-refractivity contribution >= 4 is 12.0 Å². The molecule has 0 bridgehead atoms. The van der Waals surface area contributed by atoms with Crippen LogP contribution in [0.1, 0.15) is 36.6 Å². The fraction of sp³-hybridized carbons (Fsp3) is 0.286. The second-order valence-corrected chi connectivity index (χ2v) is 4.77. The maximum Gasteiger partial charge on any atom is 0.363 e. The van der Waals surface area contributed by atoms with Gasteiger partial charge in [0, 0.05) is 0 Å². The van der Waals surface area contributed by atoms with Crippen LogP contribution >= 0.6 is 0 Å². The van der Waals surface area contributed by atoms with Gasteiger partial charge in [-0.25, -0.2) is 9.89 Å². The summed E-state index contributed by atoms with van der Waals surface area (Å²) >= 11 is 0. The van der Waals surface area contributed by atoms with Crippen LogP contribution in [-0.4, -0.2) is 21.4 Å². The first-order valence-electron chi connectivity index (χ1n) is 6.38. The Labute approximate surface area is 117 Å². The van der Waals surface area contributed by atoms with E-state index in [0.29, 0.717) is 17.4 Å². The maximum absolute atomic E-state index is 11.1. The van der Waals surface area contributed by atoms with Gasteiger partial charge < -0.3 is 0 Å². The molecule has 0 saturated carbocycles. The number of nitrogens with zero attached hydrogens (tertiary/aromatic N) is 3. The van der Waals surface area contributed by atoms with E-state index in [0.717, 1.165) is 5.56 Å². The van der Waals surface area contributed by atoms with Crippen molar-refractivity contribution in [3.8, 4) is 0 Å². The lowest BCUT2D eigenvalue weighted by molar-refractivity contribution is 0.866. The molecule has 0 atom stereocenters. The Morgan fingerprint density at radius 1 is 1.30 bits per heavy atom. The topological polar surface area (TPSA) is 83.0 Å². The summed E-state index contributed by atoms with van der Waals surface area (Å²) in [5.74, 6) is 0.858. The summed E-state index contributed by atoms with van der Waals surface area (Å²) in [7, 11) is 0. The predicted molar refractivity (Wildman–Crippen MR) is 79.1 cm³/mol. The highest BCUT2D eigenvalue weighted by molar-refractivity contribution is 5.80. The summed E-state index contributed by atoms with van der Waals surface area (Å²) in [5.41, 5.74) is 5.04. The summed E-state index contributed by atoms with van der Waals surface area (Å²) in [6.45, 7) is 6.04. The van der Waals surface area contributed by atoms with Crippen molar-refractivity contribution in [1.29, 1.82) is 0 Å². The number of hydrogen-bond donors (Lipinski definition) is 2. The van der Waals surface area contributed by atoms with Crippen LogP contribution in [0.15, 0.2) is 34.2 Å². The minimum Gasteiger partial charge on any atom is -0.260 e. The van der Waals surface area contributed by atoms with Gasteiger partial charge in [-0.2, -0.15) is 15.2 Å². The van der Waals surface area contributed by atoms with E-state index in [2.05, 4.69) is 51.7 Å². The molecule has 6 nitrogen and oxygen atoms in total. The van der Waals surface area contributed by atoms with E-state index in [-0.39, 0.29) is 0 Å². The Morgan fingerprint density at radius 2 is 2.00 bits per heavy atom. The standard InChI is InChI=1S/C14H17N5O/c1-9(2)12-6-4-11(5-7-12)8-15-18-13-10(3)17-19-14(20)16-13/h4-9H,1-3H3,(H2,16,18,19,20). The van der Waals surface area contributed by atoms with Gasteiger partial charge in [0.2, 0.25) is 0 Å². The molecule has 2 rings (SSSR count). The summed E-state index contributed by atoms with van der Waals surface area (Å²) < 4.78 is 0. The highest BCUT2D eigenvalue weighted by Gasteiger charge is 2.00. The first kappa shape index (κ1) is 13.9. The van der Waals surface area contributed by atoms with Gasteiger partial charge in [0.1, 0.15) is 5.69 Å². The van der Waals surface area contributed by atoms with Crippen molar-refractivity contribution in [2.45, 2.75) is 26.7 Å². The molecule has 0 radical (unpaired) electrons. The van der Waals surface area contributed by atoms with Crippen LogP contribution in [0.3, 0.4) is 0 Å². The zero-order chi connectivity index (χ0) is 14.5. The molecular weight excluding hydrogens is 254 g/mol. The number of anilines is 1. The Hall–Kier alpha value is -2.50. The van der Waals surface area contributed by atoms with Crippen LogP contribution in [-0.2, 0) is 0 Å². The van der Waals surface area contributed by atoms with Crippen LogP contribution in [0, 0.1) is 6.92 Å². The average Bonchev–Trinajstić information content (AvgIpc) is 2.43. The minimum absolute atomic E-state index is 0.351. The molecule has 20 heavy (non-hydrogen) atoms. The van der Waals surface area contributed by atoms with Gasteiger partial charge >= 0.3 is 5.69 Å². The normalized spacial score (nSPS) is 11.2. The van der Waals surface area contributed by atoms with E-state index in [1.165, 1.54) is 5.56 Å². The molecular formula is C14H17N5O. The Bertz CT molecular complexity index is 658. The Kier molecular flexibility index (Phi) is 4.24. The van der Waals surface area contributed by atoms with Gasteiger partial charge in [-0.05, 0) is 24.0 Å². The van der Waals surface area contributed by atoms with Gasteiger partial charge in [-0.3, -0.25) is 5.43 Å². The number of nitrogens with one attached hydrogen (secondary N) is 2. The third-order valence-electron chi connectivity index (χ3n) is 2.86. The molecule has 2 N–H and O–H groups in total. The highest BCUT2D eigenvalue weighted by atomic mass is 16.1. The quantitative estimate of drug-likeness (QED) is 0.658. The average molecular weight is 271 g/mol. The minimum atomic E-state index is -0.505. The molecule has 2 aromatic rings. The van der Waals surface area contributed by atoms with Crippen LogP contribution in [0.2, 0.25) is 0 Å². The predicted octanol–water partition coefficient (Wildman–Crippen LogP) is 2.04. The van der Waals surface area contributed by atoms with Crippen LogP contribution < -0.4 is 11.1 Å². The van der Waals surface area contributed by atoms with E-state index in [1.807, 2.05) is 12.1 Å². The lowest BCUT2D eigenvalue weighted by Gasteiger charge is -2.04. The second kappa shape index (κ2) is 6.10. The summed E-state index contributed by atoms with van der Waals surface area (Å²) in [6.07, 6.45) is 1.67. The van der Waals surface area contributed by atoms with Crippen molar-refractivity contribution in [1.82, 2.24) is 15.2 Å². The summed E-state index contributed by atoms with van der Waals surface area (Å²) in [5, 5.41) is 10.1. The SMILES string of the molecule is Cc1n[nH]c(=O)nc1NN=Cc1ccc(C(C)C)cc1. The maximum atomic E-state index is 11.1. The number of aromatic nitrogens is 3. The molecule has 0 aliphatic rings. The molecule has 0 saturated heterocycles. The zero-order valence-corrected chi connectivity index (χ0v) is 11.7. The third-order valence-corrected chi connectivity index (χ3v) is 2.86. The van der Waals surface area contributed by atoms with E-state index in [1.54, 1.807) is 13.1 Å². The first-order valence-corrected chi connectivity index (χ1v) is 6.38. The largest absolute Gasteiger partial charge is 0.363 e. The number of rotatable bonds is 4. The highest BCUT2D eigenvalue weighted by Crippen LogP contribution is 2.13. The fourth-order valence-corrected chi connectivity index (χ4v) is 1.63. The van der Waals surface area contributed by atoms with E-state index in [9.17, 15) is 4.79 Å². The van der Waals surface area contributed by atoms with Gasteiger partial charge in [0.25, 0.3) is 0 Å². The third kappa shape index (κ3) is 3.50. The number of H-pyrrole nitrogens is 1. The molecule has 0 aliphatic carbocycles. The number of hydrazone groups is 1. The van der Waals surface area contributed by atoms with E-state index >= 15 is 0 Å². The summed E-state index contributed by atoms with van der Waals surface area (Å²) in [4.78, 5) is 14.8. The van der Waals surface area contributed by atoms with E-state index in [4.69, 9.17) is 0 Å². The van der Waals surface area contributed by atoms with Crippen molar-refractivity contribution < 1.29 is 0 Å². The zero-order valence-electron chi connectivity index (χ0n) is 11.7. The van der Waals surface area contributed by atoms with Crippen LogP contribution in [0.4, 0.5) is 5.82 Å². The first-order chi connectivity index (χ1) is 9.56. The second-order valence-electron chi connectivity index (χ2n) is 4.77. The molecule has 1 aromatic heterocycles. The van der Waals surface area contributed by atoms with Crippen molar-refractivity contribution in [3.63, 3.8) is 0 Å². The molecule has 0 unspecified atom stereocenters. The molecule has 0 aliphatic heterocycles. The molecule has 6 heteroatoms. The van der Waals surface area contributed by atoms with Crippen molar-refractivity contribution in [3.05, 3.63) is 51.6 Å². The van der Waals surface area contributed by atoms with E-state index < -0.39 is 5.69 Å². The van der Waals surface area contributed by atoms with Gasteiger partial charge in [-0.15, -0.1) is 0 Å². The van der Waals surface area contributed by atoms with Crippen LogP contribution in [0.5, 0.6) is 0 Å². The number of aryl methyl sites for hydroxylation is 1. The molecule has 1 heterocycles. The number of aromatic amines is 1. The van der Waals surface area contributed by atoms with Gasteiger partial charge in [0.05, 0.1) is 6.21 Å². The monoisotopic (exact) mass is 271 g/mol. The molecule has 104 valence electrons.